The van der Waals surface area contributed by atoms with Crippen LogP contribution in [0.4, 0.5) is 0 Å². The maximum absolute atomic E-state index is 12.7. The SMILES string of the molecule is CC/C=C\C/C=C\C/C=C\CCCCC(=O)OC(COC(=O)CCCCC/C=C\CCCCCCCC)COC(=O)CCCCCCCCCCCCC. The molecule has 0 aliphatic rings. The Morgan fingerprint density at radius 1 is 0.389 bits per heavy atom. The molecule has 0 heterocycles. The molecule has 1 atom stereocenters. The van der Waals surface area contributed by atoms with Crippen LogP contribution in [0.5, 0.6) is 0 Å². The quantitative estimate of drug-likeness (QED) is 0.0268. The average molecular weight is 757 g/mol. The van der Waals surface area contributed by atoms with Crippen molar-refractivity contribution >= 4 is 17.9 Å². The molecule has 0 aliphatic heterocycles. The van der Waals surface area contributed by atoms with Gasteiger partial charge in [-0.05, 0) is 77.0 Å². The summed E-state index contributed by atoms with van der Waals surface area (Å²) in [4.78, 5) is 37.7. The normalized spacial score (nSPS) is 12.4. The van der Waals surface area contributed by atoms with Gasteiger partial charge in [0, 0.05) is 19.3 Å². The average Bonchev–Trinajstić information content (AvgIpc) is 3.17. The van der Waals surface area contributed by atoms with Gasteiger partial charge < -0.3 is 14.2 Å². The van der Waals surface area contributed by atoms with Gasteiger partial charge in [0.2, 0.25) is 0 Å². The zero-order valence-corrected chi connectivity index (χ0v) is 35.5. The van der Waals surface area contributed by atoms with Crippen LogP contribution in [0.3, 0.4) is 0 Å². The van der Waals surface area contributed by atoms with Crippen LogP contribution in [0.25, 0.3) is 0 Å². The first-order chi connectivity index (χ1) is 26.5. The van der Waals surface area contributed by atoms with Crippen molar-refractivity contribution in [2.75, 3.05) is 13.2 Å². The van der Waals surface area contributed by atoms with Gasteiger partial charge in [-0.25, -0.2) is 0 Å². The molecule has 0 spiro atoms. The molecule has 0 aromatic heterocycles. The highest BCUT2D eigenvalue weighted by atomic mass is 16.6. The fourth-order valence-electron chi connectivity index (χ4n) is 6.16. The molecule has 54 heavy (non-hydrogen) atoms. The van der Waals surface area contributed by atoms with Crippen molar-refractivity contribution in [3.63, 3.8) is 0 Å². The number of carbonyl (C=O) groups excluding carboxylic acids is 3. The van der Waals surface area contributed by atoms with Crippen LogP contribution in [0.1, 0.15) is 220 Å². The number of hydrogen-bond donors (Lipinski definition) is 0. The fourth-order valence-corrected chi connectivity index (χ4v) is 6.16. The molecule has 6 heteroatoms. The van der Waals surface area contributed by atoms with Crippen LogP contribution < -0.4 is 0 Å². The van der Waals surface area contributed by atoms with Crippen molar-refractivity contribution in [3.05, 3.63) is 48.6 Å². The molecular weight excluding hydrogens is 673 g/mol. The molecule has 0 N–H and O–H groups in total. The number of hydrogen-bond acceptors (Lipinski definition) is 6. The molecule has 0 aliphatic carbocycles. The molecule has 0 saturated carbocycles. The molecule has 0 aromatic carbocycles. The van der Waals surface area contributed by atoms with Crippen molar-refractivity contribution in [2.24, 2.45) is 0 Å². The van der Waals surface area contributed by atoms with E-state index in [2.05, 4.69) is 69.4 Å². The monoisotopic (exact) mass is 757 g/mol. The Balaban J connectivity index is 4.45. The molecule has 0 amide bonds. The number of rotatable bonds is 40. The number of allylic oxidation sites excluding steroid dienone is 8. The van der Waals surface area contributed by atoms with Gasteiger partial charge in [0.25, 0.3) is 0 Å². The first-order valence-corrected chi connectivity index (χ1v) is 22.6. The van der Waals surface area contributed by atoms with Gasteiger partial charge in [0.05, 0.1) is 0 Å². The van der Waals surface area contributed by atoms with Gasteiger partial charge in [0.15, 0.2) is 6.10 Å². The number of unbranched alkanes of at least 4 members (excludes halogenated alkanes) is 21. The third kappa shape index (κ3) is 40.6. The first kappa shape index (κ1) is 51.4. The highest BCUT2D eigenvalue weighted by molar-refractivity contribution is 5.71. The molecule has 312 valence electrons. The zero-order chi connectivity index (χ0) is 39.4. The number of ether oxygens (including phenoxy) is 3. The first-order valence-electron chi connectivity index (χ1n) is 22.6. The summed E-state index contributed by atoms with van der Waals surface area (Å²) in [5.74, 6) is -0.951. The van der Waals surface area contributed by atoms with Gasteiger partial charge in [0.1, 0.15) is 13.2 Å². The summed E-state index contributed by atoms with van der Waals surface area (Å²) in [5, 5.41) is 0. The second-order valence-corrected chi connectivity index (χ2v) is 14.9. The Bertz CT molecular complexity index is 964. The van der Waals surface area contributed by atoms with Gasteiger partial charge in [-0.3, -0.25) is 14.4 Å². The van der Waals surface area contributed by atoms with Gasteiger partial charge in [-0.1, -0.05) is 172 Å². The van der Waals surface area contributed by atoms with E-state index in [0.29, 0.717) is 19.3 Å². The molecule has 0 saturated heterocycles. The Morgan fingerprint density at radius 3 is 1.20 bits per heavy atom. The second-order valence-electron chi connectivity index (χ2n) is 14.9. The second kappa shape index (κ2) is 43.1. The lowest BCUT2D eigenvalue weighted by Crippen LogP contribution is -2.30. The van der Waals surface area contributed by atoms with E-state index in [9.17, 15) is 14.4 Å². The largest absolute Gasteiger partial charge is 0.462 e. The van der Waals surface area contributed by atoms with Crippen molar-refractivity contribution in [3.8, 4) is 0 Å². The fraction of sp³-hybridized carbons (Fsp3) is 0.771. The summed E-state index contributed by atoms with van der Waals surface area (Å²) >= 11 is 0. The zero-order valence-electron chi connectivity index (χ0n) is 35.5. The van der Waals surface area contributed by atoms with E-state index in [-0.39, 0.29) is 37.5 Å². The number of esters is 3. The van der Waals surface area contributed by atoms with Crippen LogP contribution in [-0.4, -0.2) is 37.2 Å². The third-order valence-electron chi connectivity index (χ3n) is 9.57. The van der Waals surface area contributed by atoms with E-state index < -0.39 is 6.10 Å². The van der Waals surface area contributed by atoms with E-state index in [1.807, 2.05) is 0 Å². The Morgan fingerprint density at radius 2 is 0.722 bits per heavy atom. The summed E-state index contributed by atoms with van der Waals surface area (Å²) in [5.41, 5.74) is 0. The van der Waals surface area contributed by atoms with E-state index in [1.54, 1.807) is 0 Å². The molecule has 0 bridgehead atoms. The third-order valence-corrected chi connectivity index (χ3v) is 9.57. The molecule has 0 radical (unpaired) electrons. The Hall–Kier alpha value is -2.63. The summed E-state index contributed by atoms with van der Waals surface area (Å²) in [6, 6.07) is 0. The topological polar surface area (TPSA) is 78.9 Å². The number of carbonyl (C=O) groups is 3. The molecular formula is C48H84O6. The molecule has 0 aromatic rings. The minimum atomic E-state index is -0.793. The Kier molecular flexibility index (Phi) is 41.0. The highest BCUT2D eigenvalue weighted by Crippen LogP contribution is 2.14. The van der Waals surface area contributed by atoms with E-state index in [4.69, 9.17) is 14.2 Å². The van der Waals surface area contributed by atoms with Crippen LogP contribution in [0.2, 0.25) is 0 Å². The molecule has 6 nitrogen and oxygen atoms in total. The maximum Gasteiger partial charge on any atom is 0.306 e. The molecule has 1 unspecified atom stereocenters. The van der Waals surface area contributed by atoms with Crippen LogP contribution in [-0.2, 0) is 28.6 Å². The van der Waals surface area contributed by atoms with Gasteiger partial charge >= 0.3 is 17.9 Å². The molecule has 0 rings (SSSR count). The van der Waals surface area contributed by atoms with Crippen molar-refractivity contribution in [1.29, 1.82) is 0 Å². The van der Waals surface area contributed by atoms with E-state index >= 15 is 0 Å². The van der Waals surface area contributed by atoms with Gasteiger partial charge in [-0.2, -0.15) is 0 Å². The summed E-state index contributed by atoms with van der Waals surface area (Å²) in [6.45, 7) is 6.45. The lowest BCUT2D eigenvalue weighted by atomic mass is 10.1. The van der Waals surface area contributed by atoms with Crippen molar-refractivity contribution in [2.45, 2.75) is 226 Å². The molecule has 0 fully saturated rings. The Labute approximate surface area is 333 Å². The van der Waals surface area contributed by atoms with Gasteiger partial charge in [-0.15, -0.1) is 0 Å². The van der Waals surface area contributed by atoms with E-state index in [1.165, 1.54) is 89.9 Å². The summed E-state index contributed by atoms with van der Waals surface area (Å²) in [6.07, 6.45) is 49.5. The standard InChI is InChI=1S/C48H84O6/c1-4-7-10-13-16-19-22-24-27-29-32-35-38-41-47(50)53-44-45(43-52-46(49)40-37-34-31-28-25-21-18-15-12-9-6-3)54-48(51)42-39-36-33-30-26-23-20-17-14-11-8-5-2/h8,11,17,20,24,26-27,30,45H,4-7,9-10,12-16,18-19,21-23,25,28-29,31-44H2,1-3H3/b11-8-,20-17-,27-24-,30-26-. The predicted molar refractivity (Wildman–Crippen MR) is 229 cm³/mol. The summed E-state index contributed by atoms with van der Waals surface area (Å²) < 4.78 is 16.6. The van der Waals surface area contributed by atoms with E-state index in [0.717, 1.165) is 83.5 Å². The highest BCUT2D eigenvalue weighted by Gasteiger charge is 2.19. The van der Waals surface area contributed by atoms with Crippen molar-refractivity contribution < 1.29 is 28.6 Å². The van der Waals surface area contributed by atoms with Crippen LogP contribution >= 0.6 is 0 Å². The summed E-state index contributed by atoms with van der Waals surface area (Å²) in [7, 11) is 0. The van der Waals surface area contributed by atoms with Crippen LogP contribution in [0, 0.1) is 0 Å². The smallest absolute Gasteiger partial charge is 0.306 e. The van der Waals surface area contributed by atoms with Crippen LogP contribution in [0.15, 0.2) is 48.6 Å². The minimum absolute atomic E-state index is 0.0918. The lowest BCUT2D eigenvalue weighted by Gasteiger charge is -2.18. The maximum atomic E-state index is 12.7. The minimum Gasteiger partial charge on any atom is -0.462 e. The predicted octanol–water partition coefficient (Wildman–Crippen LogP) is 14.4. The lowest BCUT2D eigenvalue weighted by molar-refractivity contribution is -0.167. The van der Waals surface area contributed by atoms with Crippen molar-refractivity contribution in [1.82, 2.24) is 0 Å².